The van der Waals surface area contributed by atoms with Gasteiger partial charge >= 0.3 is 18.1 Å². The van der Waals surface area contributed by atoms with Gasteiger partial charge in [-0.2, -0.15) is 13.2 Å². The van der Waals surface area contributed by atoms with E-state index < -0.39 is 29.8 Å². The van der Waals surface area contributed by atoms with E-state index in [2.05, 4.69) is 0 Å². The van der Waals surface area contributed by atoms with Crippen molar-refractivity contribution in [3.05, 3.63) is 101 Å². The van der Waals surface area contributed by atoms with Crippen LogP contribution in [-0.2, 0) is 27.9 Å². The van der Waals surface area contributed by atoms with E-state index in [0.29, 0.717) is 16.9 Å². The Morgan fingerprint density at radius 3 is 2.36 bits per heavy atom. The molecule has 0 aliphatic carbocycles. The predicted octanol–water partition coefficient (Wildman–Crippen LogP) is 6.54. The van der Waals surface area contributed by atoms with Crippen LogP contribution in [0.15, 0.2) is 77.7 Å². The van der Waals surface area contributed by atoms with E-state index in [1.165, 1.54) is 23.9 Å². The van der Waals surface area contributed by atoms with Crippen LogP contribution < -0.4 is 0 Å². The van der Waals surface area contributed by atoms with Gasteiger partial charge in [-0.3, -0.25) is 4.79 Å². The lowest BCUT2D eigenvalue weighted by atomic mass is 10.1. The van der Waals surface area contributed by atoms with E-state index in [-0.39, 0.29) is 12.0 Å². The third kappa shape index (κ3) is 6.86. The Morgan fingerprint density at radius 1 is 1.00 bits per heavy atom. The minimum Gasteiger partial charge on any atom is -0.478 e. The molecule has 0 saturated carbocycles. The van der Waals surface area contributed by atoms with Gasteiger partial charge < -0.3 is 9.84 Å². The van der Waals surface area contributed by atoms with E-state index in [1.807, 2.05) is 12.1 Å². The highest BCUT2D eigenvalue weighted by Gasteiger charge is 2.30. The Balaban J connectivity index is 1.58. The van der Waals surface area contributed by atoms with Crippen LogP contribution in [0.1, 0.15) is 45.6 Å². The van der Waals surface area contributed by atoms with Crippen molar-refractivity contribution in [2.75, 3.05) is 0 Å². The lowest BCUT2D eigenvalue weighted by Crippen LogP contribution is -2.12. The van der Waals surface area contributed by atoms with Crippen molar-refractivity contribution in [2.24, 2.45) is 0 Å². The summed E-state index contributed by atoms with van der Waals surface area (Å²) in [7, 11) is 0. The van der Waals surface area contributed by atoms with Gasteiger partial charge in [-0.15, -0.1) is 11.8 Å². The molecule has 0 saturated heterocycles. The number of rotatable bonds is 8. The standard InChI is InChI=1S/C25H21F3O4S/c1-16(18-9-11-20(12-10-18)25(26,27)28)32-23(29)14-17-5-4-7-21(13-17)33-15-19-6-2-3-8-22(19)24(30)31/h2-13,16H,14-15H2,1H3,(H,30,31). The number of esters is 1. The van der Waals surface area contributed by atoms with Crippen LogP contribution in [0.5, 0.6) is 0 Å². The molecule has 33 heavy (non-hydrogen) atoms. The fourth-order valence-corrected chi connectivity index (χ4v) is 4.16. The van der Waals surface area contributed by atoms with Gasteiger partial charge in [0.2, 0.25) is 0 Å². The molecule has 0 heterocycles. The molecule has 3 aromatic rings. The van der Waals surface area contributed by atoms with E-state index in [1.54, 1.807) is 43.3 Å². The fourth-order valence-electron chi connectivity index (χ4n) is 3.18. The van der Waals surface area contributed by atoms with Gasteiger partial charge in [-0.25, -0.2) is 4.79 Å². The number of halogens is 3. The normalized spacial score (nSPS) is 12.2. The summed E-state index contributed by atoms with van der Waals surface area (Å²) in [5.41, 5.74) is 1.38. The summed E-state index contributed by atoms with van der Waals surface area (Å²) in [4.78, 5) is 24.6. The molecular formula is C25H21F3O4S. The number of hydrogen-bond acceptors (Lipinski definition) is 4. The van der Waals surface area contributed by atoms with Crippen molar-refractivity contribution in [1.82, 2.24) is 0 Å². The molecule has 1 N–H and O–H groups in total. The molecule has 0 aromatic heterocycles. The second-order valence-corrected chi connectivity index (χ2v) is 8.38. The maximum Gasteiger partial charge on any atom is 0.416 e. The van der Waals surface area contributed by atoms with E-state index in [4.69, 9.17) is 4.74 Å². The van der Waals surface area contributed by atoms with Crippen molar-refractivity contribution in [3.8, 4) is 0 Å². The molecule has 0 amide bonds. The zero-order valence-corrected chi connectivity index (χ0v) is 18.5. The van der Waals surface area contributed by atoms with Gasteiger partial charge in [-0.05, 0) is 53.9 Å². The number of aromatic carboxylic acids is 1. The van der Waals surface area contributed by atoms with Crippen LogP contribution in [0.25, 0.3) is 0 Å². The van der Waals surface area contributed by atoms with Crippen LogP contribution in [0.3, 0.4) is 0 Å². The molecular weight excluding hydrogens is 453 g/mol. The first-order valence-corrected chi connectivity index (χ1v) is 11.0. The van der Waals surface area contributed by atoms with Crippen molar-refractivity contribution >= 4 is 23.7 Å². The second kappa shape index (κ2) is 10.6. The molecule has 0 radical (unpaired) electrons. The molecule has 3 aromatic carbocycles. The largest absolute Gasteiger partial charge is 0.478 e. The molecule has 8 heteroatoms. The number of alkyl halides is 3. The summed E-state index contributed by atoms with van der Waals surface area (Å²) < 4.78 is 43.5. The number of carbonyl (C=O) groups excluding carboxylic acids is 1. The second-order valence-electron chi connectivity index (χ2n) is 7.33. The van der Waals surface area contributed by atoms with Gasteiger partial charge in [-0.1, -0.05) is 42.5 Å². The summed E-state index contributed by atoms with van der Waals surface area (Å²) in [6.45, 7) is 1.60. The van der Waals surface area contributed by atoms with Gasteiger partial charge in [0.1, 0.15) is 6.10 Å². The van der Waals surface area contributed by atoms with Crippen LogP contribution in [0.2, 0.25) is 0 Å². The lowest BCUT2D eigenvalue weighted by Gasteiger charge is -2.15. The van der Waals surface area contributed by atoms with Gasteiger partial charge in [0.05, 0.1) is 17.5 Å². The smallest absolute Gasteiger partial charge is 0.416 e. The molecule has 0 bridgehead atoms. The molecule has 0 fully saturated rings. The first-order chi connectivity index (χ1) is 15.6. The summed E-state index contributed by atoms with van der Waals surface area (Å²) in [5, 5.41) is 9.30. The predicted molar refractivity (Wildman–Crippen MR) is 119 cm³/mol. The summed E-state index contributed by atoms with van der Waals surface area (Å²) in [5.74, 6) is -1.02. The monoisotopic (exact) mass is 474 g/mol. The van der Waals surface area contributed by atoms with Gasteiger partial charge in [0.15, 0.2) is 0 Å². The lowest BCUT2D eigenvalue weighted by molar-refractivity contribution is -0.148. The zero-order valence-electron chi connectivity index (χ0n) is 17.6. The SMILES string of the molecule is CC(OC(=O)Cc1cccc(SCc2ccccc2C(=O)O)c1)c1ccc(C(F)(F)F)cc1. The van der Waals surface area contributed by atoms with E-state index in [9.17, 15) is 27.9 Å². The zero-order chi connectivity index (χ0) is 24.0. The van der Waals surface area contributed by atoms with Crippen LogP contribution in [0, 0.1) is 0 Å². The number of carboxylic acid groups (broad SMARTS) is 1. The third-order valence-corrected chi connectivity index (χ3v) is 5.95. The highest BCUT2D eigenvalue weighted by Crippen LogP contribution is 2.30. The van der Waals surface area contributed by atoms with Crippen molar-refractivity contribution < 1.29 is 32.6 Å². The first-order valence-electron chi connectivity index (χ1n) is 10.0. The molecule has 3 rings (SSSR count). The van der Waals surface area contributed by atoms with Crippen LogP contribution in [0.4, 0.5) is 13.2 Å². The highest BCUT2D eigenvalue weighted by molar-refractivity contribution is 7.98. The number of thioether (sulfide) groups is 1. The Hall–Kier alpha value is -3.26. The molecule has 1 unspecified atom stereocenters. The summed E-state index contributed by atoms with van der Waals surface area (Å²) in [6.07, 6.45) is -5.10. The molecule has 0 spiro atoms. The number of carboxylic acids is 1. The van der Waals surface area contributed by atoms with E-state index >= 15 is 0 Å². The average molecular weight is 475 g/mol. The Kier molecular flexibility index (Phi) is 7.81. The van der Waals surface area contributed by atoms with Crippen LogP contribution >= 0.6 is 11.8 Å². The molecule has 4 nitrogen and oxygen atoms in total. The topological polar surface area (TPSA) is 63.6 Å². The number of hydrogen-bond donors (Lipinski definition) is 1. The number of benzene rings is 3. The fraction of sp³-hybridized carbons (Fsp3) is 0.200. The minimum absolute atomic E-state index is 0.00505. The average Bonchev–Trinajstić information content (AvgIpc) is 2.77. The maximum absolute atomic E-state index is 12.7. The van der Waals surface area contributed by atoms with E-state index in [0.717, 1.165) is 22.6 Å². The Bertz CT molecular complexity index is 1130. The molecule has 172 valence electrons. The van der Waals surface area contributed by atoms with Gasteiger partial charge in [0, 0.05) is 10.6 Å². The van der Waals surface area contributed by atoms with Crippen molar-refractivity contribution in [3.63, 3.8) is 0 Å². The maximum atomic E-state index is 12.7. The quantitative estimate of drug-likeness (QED) is 0.297. The molecule has 0 aliphatic heterocycles. The van der Waals surface area contributed by atoms with Crippen molar-refractivity contribution in [2.45, 2.75) is 36.3 Å². The Morgan fingerprint density at radius 2 is 1.70 bits per heavy atom. The highest BCUT2D eigenvalue weighted by atomic mass is 32.2. The number of ether oxygens (including phenoxy) is 1. The third-order valence-electron chi connectivity index (χ3n) is 4.90. The molecule has 0 aliphatic rings. The van der Waals surface area contributed by atoms with Crippen LogP contribution in [-0.4, -0.2) is 17.0 Å². The van der Waals surface area contributed by atoms with Crippen molar-refractivity contribution in [1.29, 1.82) is 0 Å². The summed E-state index contributed by atoms with van der Waals surface area (Å²) >= 11 is 1.45. The number of carbonyl (C=O) groups is 2. The first kappa shape index (κ1) is 24.4. The minimum atomic E-state index is -4.42. The molecule has 1 atom stereocenters. The Labute approximate surface area is 193 Å². The summed E-state index contributed by atoms with van der Waals surface area (Å²) in [6, 6.07) is 18.6. The van der Waals surface area contributed by atoms with Gasteiger partial charge in [0.25, 0.3) is 0 Å².